The second-order valence-electron chi connectivity index (χ2n) is 9.52. The molecular formula is C27H32N4O3S. The van der Waals surface area contributed by atoms with E-state index in [9.17, 15) is 13.5 Å². The number of aliphatic hydroxyl groups is 1. The molecule has 0 aliphatic carbocycles. The maximum absolute atomic E-state index is 13.4. The standard InChI is InChI=1S/C27H32N4O3S/c1-19-7-6-8-23(20(19)2)21-9-11-22(12-10-21)26-24-17-30(14-4-5-15-31(24)25(26)18-32)35(33,34)27-28-13-16-29(27)3/h4-13,16,24-26,32H,14-15,17-18H2,1-3H3/b5-4-/t24-,25+,26-/m0/s1. The van der Waals surface area contributed by atoms with E-state index in [1.165, 1.54) is 31.8 Å². The molecule has 2 aliphatic rings. The first kappa shape index (κ1) is 23.9. The van der Waals surface area contributed by atoms with Gasteiger partial charge in [-0.15, -0.1) is 0 Å². The van der Waals surface area contributed by atoms with Crippen LogP contribution in [0.15, 0.2) is 72.2 Å². The molecule has 3 heterocycles. The highest BCUT2D eigenvalue weighted by Crippen LogP contribution is 2.42. The van der Waals surface area contributed by atoms with Crippen LogP contribution in [-0.2, 0) is 17.1 Å². The molecule has 0 spiro atoms. The number of imidazole rings is 1. The van der Waals surface area contributed by atoms with E-state index >= 15 is 0 Å². The highest BCUT2D eigenvalue weighted by atomic mass is 32.2. The van der Waals surface area contributed by atoms with E-state index in [1.54, 1.807) is 13.2 Å². The van der Waals surface area contributed by atoms with E-state index in [0.29, 0.717) is 19.6 Å². The van der Waals surface area contributed by atoms with Gasteiger partial charge in [0.15, 0.2) is 0 Å². The van der Waals surface area contributed by atoms with Crippen LogP contribution >= 0.6 is 0 Å². The summed E-state index contributed by atoms with van der Waals surface area (Å²) >= 11 is 0. The van der Waals surface area contributed by atoms with Crippen LogP contribution in [0.25, 0.3) is 11.1 Å². The Morgan fingerprint density at radius 2 is 1.80 bits per heavy atom. The first-order valence-electron chi connectivity index (χ1n) is 12.0. The van der Waals surface area contributed by atoms with E-state index in [2.05, 4.69) is 66.2 Å². The second kappa shape index (κ2) is 9.35. The van der Waals surface area contributed by atoms with Gasteiger partial charge in [-0.3, -0.25) is 4.90 Å². The summed E-state index contributed by atoms with van der Waals surface area (Å²) < 4.78 is 29.9. The summed E-state index contributed by atoms with van der Waals surface area (Å²) in [7, 11) is -2.06. The summed E-state index contributed by atoms with van der Waals surface area (Å²) in [6.07, 6.45) is 7.03. The van der Waals surface area contributed by atoms with Gasteiger partial charge in [0.25, 0.3) is 10.0 Å². The third-order valence-electron chi connectivity index (χ3n) is 7.61. The van der Waals surface area contributed by atoms with Crippen molar-refractivity contribution in [3.05, 3.63) is 83.7 Å². The quantitative estimate of drug-likeness (QED) is 0.554. The Labute approximate surface area is 207 Å². The highest BCUT2D eigenvalue weighted by Gasteiger charge is 2.50. The Morgan fingerprint density at radius 1 is 1.06 bits per heavy atom. The maximum Gasteiger partial charge on any atom is 0.277 e. The topological polar surface area (TPSA) is 78.7 Å². The lowest BCUT2D eigenvalue weighted by Gasteiger charge is -2.56. The fourth-order valence-electron chi connectivity index (χ4n) is 5.50. The molecule has 0 bridgehead atoms. The number of fused-ring (bicyclic) bond motifs is 1. The molecule has 3 atom stereocenters. The number of aliphatic hydroxyl groups excluding tert-OH is 1. The monoisotopic (exact) mass is 492 g/mol. The first-order valence-corrected chi connectivity index (χ1v) is 13.4. The van der Waals surface area contributed by atoms with Crippen molar-refractivity contribution in [2.45, 2.75) is 37.0 Å². The average Bonchev–Trinajstić information content (AvgIpc) is 3.27. The van der Waals surface area contributed by atoms with E-state index < -0.39 is 10.0 Å². The summed E-state index contributed by atoms with van der Waals surface area (Å²) in [6.45, 7) is 5.64. The van der Waals surface area contributed by atoms with Gasteiger partial charge in [0.2, 0.25) is 5.16 Å². The predicted octanol–water partition coefficient (Wildman–Crippen LogP) is 3.09. The minimum absolute atomic E-state index is 0.0276. The van der Waals surface area contributed by atoms with Gasteiger partial charge in [0.1, 0.15) is 0 Å². The van der Waals surface area contributed by atoms with Gasteiger partial charge >= 0.3 is 0 Å². The van der Waals surface area contributed by atoms with Crippen molar-refractivity contribution in [2.75, 3.05) is 26.2 Å². The number of aromatic nitrogens is 2. The molecule has 0 amide bonds. The summed E-state index contributed by atoms with van der Waals surface area (Å²) in [4.78, 5) is 6.30. The lowest BCUT2D eigenvalue weighted by molar-refractivity contribution is -0.0415. The Kier molecular flexibility index (Phi) is 6.40. The molecule has 3 aromatic rings. The zero-order valence-electron chi connectivity index (χ0n) is 20.4. The second-order valence-corrected chi connectivity index (χ2v) is 11.4. The molecule has 0 saturated carbocycles. The van der Waals surface area contributed by atoms with E-state index in [0.717, 1.165) is 11.1 Å². The highest BCUT2D eigenvalue weighted by molar-refractivity contribution is 7.89. The minimum Gasteiger partial charge on any atom is -0.395 e. The number of hydrogen-bond acceptors (Lipinski definition) is 5. The molecule has 1 fully saturated rings. The summed E-state index contributed by atoms with van der Waals surface area (Å²) in [6, 6.07) is 14.8. The molecule has 5 rings (SSSR count). The summed E-state index contributed by atoms with van der Waals surface area (Å²) in [5.74, 6) is 0.0400. The third kappa shape index (κ3) is 4.14. The number of sulfonamides is 1. The Balaban J connectivity index is 1.45. The fraction of sp³-hybridized carbons (Fsp3) is 0.370. The average molecular weight is 493 g/mol. The van der Waals surface area contributed by atoms with E-state index in [1.807, 2.05) is 12.2 Å². The van der Waals surface area contributed by atoms with Gasteiger partial charge in [-0.05, 0) is 41.7 Å². The molecular weight excluding hydrogens is 460 g/mol. The lowest BCUT2D eigenvalue weighted by atomic mass is 9.74. The van der Waals surface area contributed by atoms with Crippen molar-refractivity contribution in [3.8, 4) is 11.1 Å². The maximum atomic E-state index is 13.4. The van der Waals surface area contributed by atoms with Gasteiger partial charge in [-0.2, -0.15) is 4.31 Å². The smallest absolute Gasteiger partial charge is 0.277 e. The minimum atomic E-state index is -3.75. The van der Waals surface area contributed by atoms with Crippen molar-refractivity contribution in [2.24, 2.45) is 7.05 Å². The predicted molar refractivity (Wildman–Crippen MR) is 137 cm³/mol. The van der Waals surface area contributed by atoms with Crippen molar-refractivity contribution < 1.29 is 13.5 Å². The Hall–Kier alpha value is -2.78. The molecule has 0 unspecified atom stereocenters. The number of nitrogens with zero attached hydrogens (tertiary/aromatic N) is 4. The van der Waals surface area contributed by atoms with Crippen LogP contribution in [0.3, 0.4) is 0 Å². The van der Waals surface area contributed by atoms with E-state index in [-0.39, 0.29) is 29.8 Å². The van der Waals surface area contributed by atoms with E-state index in [4.69, 9.17) is 0 Å². The van der Waals surface area contributed by atoms with Crippen molar-refractivity contribution >= 4 is 10.0 Å². The molecule has 1 aromatic heterocycles. The Bertz CT molecular complexity index is 1350. The largest absolute Gasteiger partial charge is 0.395 e. The number of aryl methyl sites for hydroxylation is 2. The molecule has 7 nitrogen and oxygen atoms in total. The van der Waals surface area contributed by atoms with Crippen molar-refractivity contribution in [1.29, 1.82) is 0 Å². The number of hydrogen-bond donors (Lipinski definition) is 1. The fourth-order valence-corrected chi connectivity index (χ4v) is 6.98. The normalized spacial score (nSPS) is 24.3. The van der Waals surface area contributed by atoms with Crippen LogP contribution in [0, 0.1) is 13.8 Å². The molecule has 1 saturated heterocycles. The SMILES string of the molecule is Cc1cccc(-c2ccc([C@@H]3[C@@H](CO)N4C/C=C\CN(S(=O)(=O)c5nccn5C)C[C@@H]34)cc2)c1C. The van der Waals surface area contributed by atoms with Crippen molar-refractivity contribution in [1.82, 2.24) is 18.8 Å². The lowest BCUT2D eigenvalue weighted by Crippen LogP contribution is -2.67. The van der Waals surface area contributed by atoms with Crippen LogP contribution in [0.2, 0.25) is 0 Å². The van der Waals surface area contributed by atoms with Crippen LogP contribution in [0.5, 0.6) is 0 Å². The van der Waals surface area contributed by atoms with Crippen LogP contribution < -0.4 is 0 Å². The van der Waals surface area contributed by atoms with Crippen LogP contribution in [-0.4, -0.2) is 70.6 Å². The third-order valence-corrected chi connectivity index (χ3v) is 9.44. The van der Waals surface area contributed by atoms with Gasteiger partial charge < -0.3 is 9.67 Å². The molecule has 1 N–H and O–H groups in total. The molecule has 8 heteroatoms. The summed E-state index contributed by atoms with van der Waals surface area (Å²) in [5, 5.41) is 10.3. The molecule has 35 heavy (non-hydrogen) atoms. The first-order chi connectivity index (χ1) is 16.8. The summed E-state index contributed by atoms with van der Waals surface area (Å²) in [5.41, 5.74) is 6.03. The Morgan fingerprint density at radius 3 is 2.49 bits per heavy atom. The molecule has 2 aliphatic heterocycles. The van der Waals surface area contributed by atoms with Crippen LogP contribution in [0.4, 0.5) is 0 Å². The molecule has 0 radical (unpaired) electrons. The van der Waals surface area contributed by atoms with Gasteiger partial charge in [0, 0.05) is 57.1 Å². The van der Waals surface area contributed by atoms with Gasteiger partial charge in [0.05, 0.1) is 6.61 Å². The zero-order chi connectivity index (χ0) is 24.7. The van der Waals surface area contributed by atoms with Gasteiger partial charge in [-0.25, -0.2) is 13.4 Å². The number of rotatable bonds is 5. The van der Waals surface area contributed by atoms with Gasteiger partial charge in [-0.1, -0.05) is 54.6 Å². The number of benzene rings is 2. The molecule has 184 valence electrons. The van der Waals surface area contributed by atoms with Crippen LogP contribution in [0.1, 0.15) is 22.6 Å². The molecule has 2 aromatic carbocycles. The zero-order valence-corrected chi connectivity index (χ0v) is 21.2. The van der Waals surface area contributed by atoms with Crippen molar-refractivity contribution in [3.63, 3.8) is 0 Å².